The molecular weight excluding hydrogens is 179 g/mol. The van der Waals surface area contributed by atoms with Gasteiger partial charge in [0.1, 0.15) is 7.85 Å². The molecule has 0 amide bonds. The van der Waals surface area contributed by atoms with Gasteiger partial charge in [-0.3, -0.25) is 0 Å². The summed E-state index contributed by atoms with van der Waals surface area (Å²) in [7, 11) is 2.14. The van der Waals surface area contributed by atoms with E-state index in [0.29, 0.717) is 0 Å². The Balaban J connectivity index is 2.29. The van der Waals surface area contributed by atoms with Crippen molar-refractivity contribution in [3.63, 3.8) is 0 Å². The van der Waals surface area contributed by atoms with E-state index in [-0.39, 0.29) is 0 Å². The fourth-order valence-corrected chi connectivity index (χ4v) is 1.58. The maximum Gasteiger partial charge on any atom is 0.140 e. The highest BCUT2D eigenvalue weighted by atomic mass is 13.9. The van der Waals surface area contributed by atoms with E-state index < -0.39 is 0 Å². The SMILES string of the molecule is B/C(=C/c1ccccc1)c1ccccc1. The zero-order chi connectivity index (χ0) is 10.5. The van der Waals surface area contributed by atoms with E-state index in [4.69, 9.17) is 0 Å². The maximum atomic E-state index is 2.20. The first-order chi connectivity index (χ1) is 7.36. The van der Waals surface area contributed by atoms with Crippen molar-refractivity contribution in [2.75, 3.05) is 0 Å². The van der Waals surface area contributed by atoms with Gasteiger partial charge in [-0.15, -0.1) is 0 Å². The fraction of sp³-hybridized carbons (Fsp3) is 0. The molecule has 0 saturated heterocycles. The molecule has 0 bridgehead atoms. The van der Waals surface area contributed by atoms with Crippen molar-refractivity contribution < 1.29 is 0 Å². The predicted octanol–water partition coefficient (Wildman–Crippen LogP) is 2.82. The molecule has 0 aliphatic rings. The molecular formula is C14H13B. The lowest BCUT2D eigenvalue weighted by atomic mass is 9.87. The van der Waals surface area contributed by atoms with Gasteiger partial charge in [-0.1, -0.05) is 72.2 Å². The molecule has 0 aromatic heterocycles. The molecule has 72 valence electrons. The van der Waals surface area contributed by atoms with Crippen LogP contribution in [-0.4, -0.2) is 7.85 Å². The zero-order valence-electron chi connectivity index (χ0n) is 8.85. The van der Waals surface area contributed by atoms with Crippen molar-refractivity contribution in [2.24, 2.45) is 0 Å². The Morgan fingerprint density at radius 3 is 1.93 bits per heavy atom. The van der Waals surface area contributed by atoms with Crippen molar-refractivity contribution in [1.82, 2.24) is 0 Å². The first-order valence-electron chi connectivity index (χ1n) is 5.15. The van der Waals surface area contributed by atoms with Gasteiger partial charge in [0.15, 0.2) is 0 Å². The summed E-state index contributed by atoms with van der Waals surface area (Å²) in [6.07, 6.45) is 2.20. The van der Waals surface area contributed by atoms with Gasteiger partial charge < -0.3 is 0 Å². The van der Waals surface area contributed by atoms with Crippen LogP contribution in [0.4, 0.5) is 0 Å². The van der Waals surface area contributed by atoms with E-state index >= 15 is 0 Å². The van der Waals surface area contributed by atoms with E-state index in [9.17, 15) is 0 Å². The van der Waals surface area contributed by atoms with E-state index in [2.05, 4.69) is 62.5 Å². The lowest BCUT2D eigenvalue weighted by Crippen LogP contribution is -1.82. The third-order valence-electron chi connectivity index (χ3n) is 2.41. The quantitative estimate of drug-likeness (QED) is 0.507. The molecule has 2 aromatic carbocycles. The third-order valence-corrected chi connectivity index (χ3v) is 2.41. The summed E-state index contributed by atoms with van der Waals surface area (Å²) in [5.41, 5.74) is 3.82. The van der Waals surface area contributed by atoms with E-state index in [1.165, 1.54) is 16.6 Å². The van der Waals surface area contributed by atoms with Crippen LogP contribution in [0, 0.1) is 0 Å². The van der Waals surface area contributed by atoms with E-state index in [1.807, 2.05) is 12.1 Å². The molecule has 2 aromatic rings. The van der Waals surface area contributed by atoms with Crippen LogP contribution in [0.5, 0.6) is 0 Å². The number of rotatable bonds is 2. The van der Waals surface area contributed by atoms with Crippen LogP contribution >= 0.6 is 0 Å². The number of benzene rings is 2. The summed E-state index contributed by atoms with van der Waals surface area (Å²) < 4.78 is 0. The monoisotopic (exact) mass is 192 g/mol. The molecule has 0 aliphatic carbocycles. The van der Waals surface area contributed by atoms with E-state index in [0.717, 1.165) is 0 Å². The average molecular weight is 192 g/mol. The second-order valence-electron chi connectivity index (χ2n) is 3.60. The predicted molar refractivity (Wildman–Crippen MR) is 69.3 cm³/mol. The van der Waals surface area contributed by atoms with Crippen LogP contribution in [0.15, 0.2) is 60.7 Å². The normalized spacial score (nSPS) is 11.3. The minimum atomic E-state index is 1.25. The van der Waals surface area contributed by atoms with Crippen LogP contribution in [-0.2, 0) is 0 Å². The zero-order valence-corrected chi connectivity index (χ0v) is 8.85. The molecule has 2 rings (SSSR count). The van der Waals surface area contributed by atoms with Crippen molar-refractivity contribution in [3.8, 4) is 0 Å². The standard InChI is InChI=1S/C14H13B/c15-14(13-9-5-2-6-10-13)11-12-7-3-1-4-8-12/h1-11H,15H2/b14-11+. The van der Waals surface area contributed by atoms with Gasteiger partial charge in [-0.05, 0) is 11.1 Å². The molecule has 0 heterocycles. The third kappa shape index (κ3) is 2.60. The topological polar surface area (TPSA) is 0 Å². The average Bonchev–Trinajstić information content (AvgIpc) is 2.31. The van der Waals surface area contributed by atoms with Crippen LogP contribution in [0.25, 0.3) is 11.5 Å². The van der Waals surface area contributed by atoms with Crippen LogP contribution in [0.1, 0.15) is 11.1 Å². The van der Waals surface area contributed by atoms with Gasteiger partial charge in [0.2, 0.25) is 0 Å². The molecule has 0 unspecified atom stereocenters. The summed E-state index contributed by atoms with van der Waals surface area (Å²) in [6, 6.07) is 20.8. The molecule has 0 fully saturated rings. The molecule has 0 radical (unpaired) electrons. The van der Waals surface area contributed by atoms with Gasteiger partial charge in [-0.25, -0.2) is 0 Å². The smallest absolute Gasteiger partial charge is 0.0813 e. The molecule has 0 spiro atoms. The number of hydrogen-bond donors (Lipinski definition) is 0. The maximum absolute atomic E-state index is 2.20. The number of hydrogen-bond acceptors (Lipinski definition) is 0. The Morgan fingerprint density at radius 1 is 0.800 bits per heavy atom. The first-order valence-corrected chi connectivity index (χ1v) is 5.15. The van der Waals surface area contributed by atoms with Crippen LogP contribution in [0.3, 0.4) is 0 Å². The van der Waals surface area contributed by atoms with Gasteiger partial charge in [0.25, 0.3) is 0 Å². The summed E-state index contributed by atoms with van der Waals surface area (Å²) in [4.78, 5) is 0. The van der Waals surface area contributed by atoms with Crippen molar-refractivity contribution in [1.29, 1.82) is 0 Å². The first kappa shape index (κ1) is 9.79. The highest BCUT2D eigenvalue weighted by molar-refractivity contribution is 6.45. The van der Waals surface area contributed by atoms with Gasteiger partial charge in [0.05, 0.1) is 0 Å². The lowest BCUT2D eigenvalue weighted by Gasteiger charge is -2.01. The second kappa shape index (κ2) is 4.65. The van der Waals surface area contributed by atoms with Gasteiger partial charge in [-0.2, -0.15) is 0 Å². The molecule has 1 heteroatoms. The van der Waals surface area contributed by atoms with Gasteiger partial charge in [0, 0.05) is 0 Å². The molecule has 15 heavy (non-hydrogen) atoms. The largest absolute Gasteiger partial charge is 0.140 e. The van der Waals surface area contributed by atoms with Crippen LogP contribution < -0.4 is 0 Å². The molecule has 0 aliphatic heterocycles. The summed E-state index contributed by atoms with van der Waals surface area (Å²) >= 11 is 0. The molecule has 0 nitrogen and oxygen atoms in total. The second-order valence-corrected chi connectivity index (χ2v) is 3.60. The van der Waals surface area contributed by atoms with Gasteiger partial charge >= 0.3 is 0 Å². The molecule has 0 saturated carbocycles. The van der Waals surface area contributed by atoms with Crippen molar-refractivity contribution in [2.45, 2.75) is 0 Å². The fourth-order valence-electron chi connectivity index (χ4n) is 1.58. The van der Waals surface area contributed by atoms with Crippen LogP contribution in [0.2, 0.25) is 0 Å². The van der Waals surface area contributed by atoms with E-state index in [1.54, 1.807) is 0 Å². The summed E-state index contributed by atoms with van der Waals surface area (Å²) in [5, 5.41) is 0. The lowest BCUT2D eigenvalue weighted by molar-refractivity contribution is 1.64. The molecule has 0 N–H and O–H groups in total. The Kier molecular flexibility index (Phi) is 3.03. The minimum Gasteiger partial charge on any atom is -0.0813 e. The Labute approximate surface area is 91.7 Å². The highest BCUT2D eigenvalue weighted by Crippen LogP contribution is 2.14. The van der Waals surface area contributed by atoms with Crippen molar-refractivity contribution >= 4 is 19.4 Å². The minimum absolute atomic E-state index is 1.25. The highest BCUT2D eigenvalue weighted by Gasteiger charge is 1.93. The summed E-state index contributed by atoms with van der Waals surface area (Å²) in [5.74, 6) is 0. The Morgan fingerprint density at radius 2 is 1.33 bits per heavy atom. The molecule has 0 atom stereocenters. The Hall–Kier alpha value is -1.76. The Bertz CT molecular complexity index is 443. The van der Waals surface area contributed by atoms with Crippen molar-refractivity contribution in [3.05, 3.63) is 71.8 Å². The summed E-state index contributed by atoms with van der Waals surface area (Å²) in [6.45, 7) is 0.